The number of hydrogen-bond donors (Lipinski definition) is 1. The first-order valence-corrected chi connectivity index (χ1v) is 9.01. The summed E-state index contributed by atoms with van der Waals surface area (Å²) in [5.41, 5.74) is 1.26. The van der Waals surface area contributed by atoms with Gasteiger partial charge in [-0.3, -0.25) is 4.79 Å². The highest BCUT2D eigenvalue weighted by molar-refractivity contribution is 9.10. The molecule has 0 saturated heterocycles. The molecule has 22 heavy (non-hydrogen) atoms. The lowest BCUT2D eigenvalue weighted by molar-refractivity contribution is 0.0981. The van der Waals surface area contributed by atoms with Gasteiger partial charge in [0.2, 0.25) is 10.0 Å². The van der Waals surface area contributed by atoms with Gasteiger partial charge in [0.25, 0.3) is 5.91 Å². The van der Waals surface area contributed by atoms with Crippen LogP contribution in [0.3, 0.4) is 0 Å². The fourth-order valence-electron chi connectivity index (χ4n) is 1.72. The third-order valence-corrected chi connectivity index (χ3v) is 3.74. The number of hydrogen-bond acceptors (Lipinski definition) is 4. The topological polar surface area (TPSA) is 72.5 Å². The standard InChI is InChI=1S/C15H14BrNO4S/c1-22(19,20)17-15(18)12-5-7-14(8-6-12)21-10-11-3-2-4-13(16)9-11/h2-9H,10H2,1H3,(H,17,18). The van der Waals surface area contributed by atoms with Crippen molar-refractivity contribution in [1.29, 1.82) is 0 Å². The van der Waals surface area contributed by atoms with Gasteiger partial charge in [0, 0.05) is 10.0 Å². The highest BCUT2D eigenvalue weighted by atomic mass is 79.9. The molecule has 0 heterocycles. The van der Waals surface area contributed by atoms with E-state index in [0.717, 1.165) is 16.3 Å². The molecule has 0 aliphatic heterocycles. The highest BCUT2D eigenvalue weighted by Crippen LogP contribution is 2.16. The summed E-state index contributed by atoms with van der Waals surface area (Å²) in [4.78, 5) is 11.7. The summed E-state index contributed by atoms with van der Waals surface area (Å²) in [6, 6.07) is 14.0. The van der Waals surface area contributed by atoms with Crippen LogP contribution in [0.1, 0.15) is 15.9 Å². The van der Waals surface area contributed by atoms with E-state index in [1.165, 1.54) is 12.1 Å². The van der Waals surface area contributed by atoms with Crippen molar-refractivity contribution < 1.29 is 17.9 Å². The molecule has 0 saturated carbocycles. The molecule has 0 bridgehead atoms. The van der Waals surface area contributed by atoms with Crippen LogP contribution in [0.25, 0.3) is 0 Å². The second kappa shape index (κ2) is 6.93. The van der Waals surface area contributed by atoms with Crippen LogP contribution >= 0.6 is 15.9 Å². The van der Waals surface area contributed by atoms with Gasteiger partial charge in [-0.25, -0.2) is 13.1 Å². The van der Waals surface area contributed by atoms with Gasteiger partial charge in [-0.1, -0.05) is 28.1 Å². The van der Waals surface area contributed by atoms with E-state index in [1.807, 2.05) is 29.0 Å². The number of amides is 1. The van der Waals surface area contributed by atoms with Crippen molar-refractivity contribution in [1.82, 2.24) is 4.72 Å². The molecule has 5 nitrogen and oxygen atoms in total. The molecule has 0 radical (unpaired) electrons. The van der Waals surface area contributed by atoms with Gasteiger partial charge in [0.15, 0.2) is 0 Å². The Kier molecular flexibility index (Phi) is 5.20. The Morgan fingerprint density at radius 3 is 2.45 bits per heavy atom. The molecule has 2 rings (SSSR count). The van der Waals surface area contributed by atoms with E-state index in [-0.39, 0.29) is 5.56 Å². The minimum absolute atomic E-state index is 0.250. The van der Waals surface area contributed by atoms with Crippen molar-refractivity contribution in [2.24, 2.45) is 0 Å². The zero-order valence-corrected chi connectivity index (χ0v) is 14.1. The molecule has 1 N–H and O–H groups in total. The molecule has 2 aromatic rings. The largest absolute Gasteiger partial charge is 0.489 e. The van der Waals surface area contributed by atoms with Crippen molar-refractivity contribution in [3.05, 3.63) is 64.1 Å². The van der Waals surface area contributed by atoms with Crippen LogP contribution in [0, 0.1) is 0 Å². The van der Waals surface area contributed by atoms with Gasteiger partial charge >= 0.3 is 0 Å². The monoisotopic (exact) mass is 383 g/mol. The van der Waals surface area contributed by atoms with Crippen molar-refractivity contribution in [2.75, 3.05) is 6.26 Å². The van der Waals surface area contributed by atoms with E-state index in [0.29, 0.717) is 12.4 Å². The molecule has 0 fully saturated rings. The molecule has 7 heteroatoms. The van der Waals surface area contributed by atoms with Gasteiger partial charge in [0.1, 0.15) is 12.4 Å². The number of carbonyl (C=O) groups is 1. The molecular formula is C15H14BrNO4S. The molecule has 1 amide bonds. The van der Waals surface area contributed by atoms with Crippen LogP contribution in [0.2, 0.25) is 0 Å². The Hall–Kier alpha value is -1.86. The van der Waals surface area contributed by atoms with Crippen molar-refractivity contribution in [3.8, 4) is 5.75 Å². The summed E-state index contributed by atoms with van der Waals surface area (Å²) >= 11 is 3.39. The first kappa shape index (κ1) is 16.5. The van der Waals surface area contributed by atoms with E-state index in [4.69, 9.17) is 4.74 Å². The number of halogens is 1. The number of carbonyl (C=O) groups excluding carboxylic acids is 1. The zero-order valence-electron chi connectivity index (χ0n) is 11.7. The van der Waals surface area contributed by atoms with Gasteiger partial charge < -0.3 is 4.74 Å². The molecule has 0 aliphatic rings. The van der Waals surface area contributed by atoms with E-state index in [2.05, 4.69) is 15.9 Å². The Morgan fingerprint density at radius 1 is 1.18 bits per heavy atom. The maximum atomic E-state index is 11.7. The second-order valence-corrected chi connectivity index (χ2v) is 7.31. The van der Waals surface area contributed by atoms with E-state index >= 15 is 0 Å². The Balaban J connectivity index is 1.99. The van der Waals surface area contributed by atoms with Crippen molar-refractivity contribution >= 4 is 31.9 Å². The maximum Gasteiger partial charge on any atom is 0.264 e. The summed E-state index contributed by atoms with van der Waals surface area (Å²) < 4.78 is 30.5. The molecule has 0 aromatic heterocycles. The lowest BCUT2D eigenvalue weighted by Crippen LogP contribution is -2.29. The summed E-state index contributed by atoms with van der Waals surface area (Å²) in [7, 11) is -3.57. The predicted molar refractivity (Wildman–Crippen MR) is 87.2 cm³/mol. The minimum Gasteiger partial charge on any atom is -0.489 e. The summed E-state index contributed by atoms with van der Waals surface area (Å²) in [6.07, 6.45) is 0.931. The third-order valence-electron chi connectivity index (χ3n) is 2.69. The fraction of sp³-hybridized carbons (Fsp3) is 0.133. The third kappa shape index (κ3) is 5.16. The fourth-order valence-corrected chi connectivity index (χ4v) is 2.62. The van der Waals surface area contributed by atoms with Crippen LogP contribution in [0.5, 0.6) is 5.75 Å². The molecule has 0 spiro atoms. The molecular weight excluding hydrogens is 370 g/mol. The molecule has 0 unspecified atom stereocenters. The molecule has 2 aromatic carbocycles. The quantitative estimate of drug-likeness (QED) is 0.861. The average Bonchev–Trinajstić information content (AvgIpc) is 2.44. The van der Waals surface area contributed by atoms with Gasteiger partial charge in [-0.2, -0.15) is 0 Å². The van der Waals surface area contributed by atoms with Crippen molar-refractivity contribution in [3.63, 3.8) is 0 Å². The first-order valence-electron chi connectivity index (χ1n) is 6.33. The lowest BCUT2D eigenvalue weighted by Gasteiger charge is -2.08. The molecule has 0 aliphatic carbocycles. The lowest BCUT2D eigenvalue weighted by atomic mass is 10.2. The Labute approximate surface area is 137 Å². The number of nitrogens with one attached hydrogen (secondary N) is 1. The number of benzene rings is 2. The van der Waals surface area contributed by atoms with Gasteiger partial charge in [-0.15, -0.1) is 0 Å². The first-order chi connectivity index (χ1) is 10.3. The molecule has 0 atom stereocenters. The maximum absolute atomic E-state index is 11.7. The summed E-state index contributed by atoms with van der Waals surface area (Å²) in [5, 5.41) is 0. The van der Waals surface area contributed by atoms with E-state index < -0.39 is 15.9 Å². The minimum atomic E-state index is -3.57. The SMILES string of the molecule is CS(=O)(=O)NC(=O)c1ccc(OCc2cccc(Br)c2)cc1. The summed E-state index contributed by atoms with van der Waals surface area (Å²) in [6.45, 7) is 0.397. The van der Waals surface area contributed by atoms with E-state index in [1.54, 1.807) is 12.1 Å². The number of sulfonamides is 1. The predicted octanol–water partition coefficient (Wildman–Crippen LogP) is 2.72. The summed E-state index contributed by atoms with van der Waals surface area (Å²) in [5.74, 6) is -0.0723. The van der Waals surface area contributed by atoms with Crippen LogP contribution in [-0.4, -0.2) is 20.6 Å². The molecule has 116 valence electrons. The van der Waals surface area contributed by atoms with Gasteiger partial charge in [0.05, 0.1) is 6.26 Å². The van der Waals surface area contributed by atoms with E-state index in [9.17, 15) is 13.2 Å². The van der Waals surface area contributed by atoms with Crippen LogP contribution < -0.4 is 9.46 Å². The normalized spacial score (nSPS) is 11.0. The smallest absolute Gasteiger partial charge is 0.264 e. The van der Waals surface area contributed by atoms with Crippen LogP contribution in [0.15, 0.2) is 53.0 Å². The zero-order chi connectivity index (χ0) is 16.2. The van der Waals surface area contributed by atoms with Gasteiger partial charge in [-0.05, 0) is 42.0 Å². The van der Waals surface area contributed by atoms with Crippen LogP contribution in [0.4, 0.5) is 0 Å². The Bertz CT molecular complexity index is 772. The van der Waals surface area contributed by atoms with Crippen LogP contribution in [-0.2, 0) is 16.6 Å². The average molecular weight is 384 g/mol. The number of ether oxygens (including phenoxy) is 1. The Morgan fingerprint density at radius 2 is 1.86 bits per heavy atom. The second-order valence-electron chi connectivity index (χ2n) is 4.65. The highest BCUT2D eigenvalue weighted by Gasteiger charge is 2.10. The number of rotatable bonds is 5. The van der Waals surface area contributed by atoms with Crippen molar-refractivity contribution in [2.45, 2.75) is 6.61 Å².